The molecule has 0 spiro atoms. The predicted molar refractivity (Wildman–Crippen MR) is 400 cm³/mol. The topological polar surface area (TPSA) is 73.8 Å². The van der Waals surface area contributed by atoms with Crippen molar-refractivity contribution in [2.45, 2.75) is 253 Å². The van der Waals surface area contributed by atoms with E-state index < -0.39 is 76.6 Å². The third kappa shape index (κ3) is 13.7. The fourth-order valence-corrected chi connectivity index (χ4v) is 71.4. The molecule has 17 heteroatoms. The molecule has 0 aromatic carbocycles. The van der Waals surface area contributed by atoms with Gasteiger partial charge in [0.05, 0.1) is 0 Å². The van der Waals surface area contributed by atoms with Crippen LogP contribution in [-0.2, 0) is 32.9 Å². The van der Waals surface area contributed by atoms with Crippen molar-refractivity contribution in [2.75, 3.05) is 0 Å². The zero-order chi connectivity index (χ0) is 64.3. The molecule has 16 aliphatic carbocycles. The highest BCUT2D eigenvalue weighted by molar-refractivity contribution is 6.96. The Labute approximate surface area is 574 Å². The second-order valence-corrected chi connectivity index (χ2v) is 73.0. The molecule has 24 atom stereocenters. The van der Waals surface area contributed by atoms with Gasteiger partial charge in [-0.15, -0.1) is 0 Å². The van der Waals surface area contributed by atoms with Gasteiger partial charge < -0.3 is 32.9 Å². The van der Waals surface area contributed by atoms with Crippen LogP contribution in [0.3, 0.4) is 0 Å². The largest absolute Gasteiger partial charge is 0.636 e. The summed E-state index contributed by atoms with van der Waals surface area (Å²) in [5.41, 5.74) is 2.14. The average molecular weight is 1420 g/mol. The van der Waals surface area contributed by atoms with Crippen molar-refractivity contribution in [3.05, 3.63) is 97.2 Å². The maximum atomic E-state index is 7.93. The number of hydrogen-bond acceptors (Lipinski definition) is 8. The molecule has 16 bridgehead atoms. The Kier molecular flexibility index (Phi) is 18.0. The van der Waals surface area contributed by atoms with Crippen LogP contribution in [0.5, 0.6) is 0 Å². The Bertz CT molecular complexity index is 2640. The molecule has 17 aliphatic rings. The van der Waals surface area contributed by atoms with Crippen molar-refractivity contribution >= 4 is 76.6 Å². The van der Waals surface area contributed by atoms with E-state index in [0.29, 0.717) is 45.8 Å². The lowest BCUT2D eigenvalue weighted by atomic mass is 9.91. The Morgan fingerprint density at radius 2 is 0.441 bits per heavy atom. The van der Waals surface area contributed by atoms with Crippen molar-refractivity contribution < 1.29 is 32.9 Å². The molecule has 24 unspecified atom stereocenters. The van der Waals surface area contributed by atoms with Crippen LogP contribution in [0.1, 0.15) is 128 Å². The van der Waals surface area contributed by atoms with Crippen LogP contribution >= 0.6 is 0 Å². The second kappa shape index (κ2) is 24.9. The van der Waals surface area contributed by atoms with Gasteiger partial charge in [0.2, 0.25) is 0 Å². The molecule has 0 aromatic rings. The van der Waals surface area contributed by atoms with E-state index in [1.54, 1.807) is 0 Å². The molecular formula is C76H124O8Si9. The monoisotopic (exact) mass is 1420 g/mol. The van der Waals surface area contributed by atoms with Gasteiger partial charge >= 0.3 is 43.3 Å². The molecule has 1 heterocycles. The molecule has 9 fully saturated rings. The Hall–Kier alpha value is -0.448. The molecule has 8 saturated carbocycles. The summed E-state index contributed by atoms with van der Waals surface area (Å²) >= 11 is 0. The minimum Gasteiger partial charge on any atom is -0.415 e. The van der Waals surface area contributed by atoms with Gasteiger partial charge in [-0.05, 0) is 324 Å². The van der Waals surface area contributed by atoms with Crippen LogP contribution in [0.15, 0.2) is 97.2 Å². The van der Waals surface area contributed by atoms with Crippen LogP contribution in [0.2, 0.25) is 125 Å². The minimum atomic E-state index is -3.52. The van der Waals surface area contributed by atoms with Gasteiger partial charge in [-0.25, -0.2) is 0 Å². The first-order valence-electron chi connectivity index (χ1n) is 39.2. The Balaban J connectivity index is 0.000000153. The second-order valence-electron chi connectivity index (χ2n) is 38.3. The first kappa shape index (κ1) is 67.1. The molecule has 8 nitrogen and oxygen atoms in total. The number of rotatable bonds is 24. The highest BCUT2D eigenvalue weighted by Crippen LogP contribution is 2.64. The molecule has 0 amide bonds. The number of hydrogen-bond donors (Lipinski definition) is 0. The Morgan fingerprint density at radius 1 is 0.258 bits per heavy atom. The van der Waals surface area contributed by atoms with E-state index in [0.717, 1.165) is 94.7 Å². The van der Waals surface area contributed by atoms with Gasteiger partial charge in [0.15, 0.2) is 33.3 Å². The highest BCUT2D eigenvalue weighted by Gasteiger charge is 2.70. The molecule has 512 valence electrons. The lowest BCUT2D eigenvalue weighted by Crippen LogP contribution is -2.72. The van der Waals surface area contributed by atoms with E-state index in [4.69, 9.17) is 32.9 Å². The smallest absolute Gasteiger partial charge is 0.415 e. The van der Waals surface area contributed by atoms with E-state index in [-0.39, 0.29) is 0 Å². The zero-order valence-corrected chi connectivity index (χ0v) is 68.8. The summed E-state index contributed by atoms with van der Waals surface area (Å²) in [4.78, 5) is 0. The number of allylic oxidation sites excluding steroid dienone is 16. The quantitative estimate of drug-likeness (QED) is 0.0699. The summed E-state index contributed by atoms with van der Waals surface area (Å²) in [7, 11) is -22.9. The molecule has 17 rings (SSSR count). The van der Waals surface area contributed by atoms with Gasteiger partial charge in [0.1, 0.15) is 0 Å². The van der Waals surface area contributed by atoms with E-state index in [9.17, 15) is 0 Å². The van der Waals surface area contributed by atoms with Gasteiger partial charge in [-0.3, -0.25) is 0 Å². The summed E-state index contributed by atoms with van der Waals surface area (Å²) in [6.45, 7) is 29.8. The molecule has 0 radical (unpaired) electrons. The maximum absolute atomic E-state index is 7.93. The van der Waals surface area contributed by atoms with Crippen molar-refractivity contribution in [2.24, 2.45) is 118 Å². The van der Waals surface area contributed by atoms with Crippen molar-refractivity contribution in [1.29, 1.82) is 0 Å². The fourth-order valence-electron chi connectivity index (χ4n) is 24.6. The SMILES string of the molecule is C[Si](C)(CCC1CC2C=CC1C2)O[Si](O[Si](C)(C)CCC1CC2C=CC1C2)(O[Si](C)(C)CCC1CC2C=CC1C2)O[Si](C)(C)CCC1CC2C=CC1C2.C[Si]1(C2CC3C=CC2C3)O[Si](C)(C2CC3C=CC2C3)O[Si](C)(C2CC3C=CC2C3)O[Si](C)(C2CC3C=CC2C3)O1. The molecular weight excluding hydrogens is 1290 g/mol. The third-order valence-corrected chi connectivity index (χ3v) is 69.0. The van der Waals surface area contributed by atoms with Gasteiger partial charge in [0.25, 0.3) is 0 Å². The first-order chi connectivity index (χ1) is 44.1. The summed E-state index contributed by atoms with van der Waals surface area (Å²) in [6.07, 6.45) is 66.5. The molecule has 0 aromatic heterocycles. The first-order valence-corrected chi connectivity index (χ1v) is 62.9. The molecule has 1 aliphatic heterocycles. The molecule has 93 heavy (non-hydrogen) atoms. The van der Waals surface area contributed by atoms with Gasteiger partial charge in [-0.2, -0.15) is 0 Å². The Morgan fingerprint density at radius 3 is 0.591 bits per heavy atom. The number of fused-ring (bicyclic) bond motifs is 16. The van der Waals surface area contributed by atoms with Crippen LogP contribution < -0.4 is 0 Å². The molecule has 0 N–H and O–H groups in total. The van der Waals surface area contributed by atoms with Crippen molar-refractivity contribution in [1.82, 2.24) is 0 Å². The van der Waals surface area contributed by atoms with Gasteiger partial charge in [-0.1, -0.05) is 123 Å². The lowest BCUT2D eigenvalue weighted by molar-refractivity contribution is 0.143. The predicted octanol–water partition coefficient (Wildman–Crippen LogP) is 20.9. The van der Waals surface area contributed by atoms with Crippen molar-refractivity contribution in [3.63, 3.8) is 0 Å². The van der Waals surface area contributed by atoms with E-state index >= 15 is 0 Å². The normalized spacial score (nSPS) is 49.1. The standard InChI is InChI=1S/C44H76O4Si5.C32H48O4Si4/c1-49(2,21-17-41-29-33-9-13-37(41)25-33)45-53(46-50(3,4)22-18-42-30-34-10-14-38(42)26-34,47-51(5,6)23-19-43-31-35-11-15-39(43)27-35)48-52(7,8)24-20-44-32-36-12-16-40(44)28-36;1-37(29-17-21-5-9-25(29)13-21)33-38(2,30-18-22-6-10-26(30)14-22)35-40(4,32-20-24-8-12-28(32)16-24)36-39(3,34-37)31-19-23-7-11-27(31)15-23/h9-16,33-44H,17-32H2,1-8H3;5-12,21-32H,13-20H2,1-4H3. The van der Waals surface area contributed by atoms with E-state index in [1.807, 2.05) is 0 Å². The van der Waals surface area contributed by atoms with E-state index in [2.05, 4.69) is 176 Å². The summed E-state index contributed by atoms with van der Waals surface area (Å²) < 4.78 is 62.9. The van der Waals surface area contributed by atoms with Crippen LogP contribution in [0.4, 0.5) is 0 Å². The minimum absolute atomic E-state index is 0.535. The van der Waals surface area contributed by atoms with Crippen LogP contribution in [0.25, 0.3) is 0 Å². The fraction of sp³-hybridized carbons (Fsp3) is 0.789. The summed E-state index contributed by atoms with van der Waals surface area (Å²) in [5.74, 6) is 15.1. The van der Waals surface area contributed by atoms with Crippen LogP contribution in [0, 0.1) is 118 Å². The van der Waals surface area contributed by atoms with Crippen LogP contribution in [-0.4, -0.2) is 76.6 Å². The molecule has 1 saturated heterocycles. The summed E-state index contributed by atoms with van der Waals surface area (Å²) in [6, 6.07) is 4.71. The van der Waals surface area contributed by atoms with E-state index in [1.165, 1.54) is 153 Å². The van der Waals surface area contributed by atoms with Crippen molar-refractivity contribution in [3.8, 4) is 0 Å². The third-order valence-electron chi connectivity index (χ3n) is 29.2. The maximum Gasteiger partial charge on any atom is 0.636 e. The zero-order valence-electron chi connectivity index (χ0n) is 59.8. The highest BCUT2D eigenvalue weighted by atomic mass is 28.5. The lowest BCUT2D eigenvalue weighted by Gasteiger charge is -2.57. The van der Waals surface area contributed by atoms with Gasteiger partial charge in [0, 0.05) is 22.2 Å². The summed E-state index contributed by atoms with van der Waals surface area (Å²) in [5, 5.41) is 0. The average Bonchev–Trinajstić information content (AvgIpc) is 1.68.